The lowest BCUT2D eigenvalue weighted by Gasteiger charge is -2.21. The molecule has 0 spiro atoms. The minimum atomic E-state index is -1.34. The topological polar surface area (TPSA) is 169 Å². The van der Waals surface area contributed by atoms with E-state index in [1.807, 2.05) is 6.07 Å². The summed E-state index contributed by atoms with van der Waals surface area (Å²) in [6.07, 6.45) is -0.525. The van der Waals surface area contributed by atoms with E-state index in [9.17, 15) is 14.4 Å². The number of carbonyl (C=O) groups is 3. The van der Waals surface area contributed by atoms with Crippen LogP contribution >= 0.6 is 0 Å². The molecule has 10 nitrogen and oxygen atoms in total. The van der Waals surface area contributed by atoms with Crippen molar-refractivity contribution >= 4 is 23.9 Å². The van der Waals surface area contributed by atoms with Gasteiger partial charge in [-0.2, -0.15) is 0 Å². The summed E-state index contributed by atoms with van der Waals surface area (Å²) in [6, 6.07) is 6.96. The number of amides is 2. The molecule has 0 aromatic heterocycles. The summed E-state index contributed by atoms with van der Waals surface area (Å²) in [5.41, 5.74) is 11.3. The van der Waals surface area contributed by atoms with Gasteiger partial charge < -0.3 is 31.9 Å². The van der Waals surface area contributed by atoms with Crippen molar-refractivity contribution in [3.05, 3.63) is 35.9 Å². The van der Waals surface area contributed by atoms with Crippen LogP contribution in [0.25, 0.3) is 0 Å². The molecule has 0 aliphatic rings. The predicted octanol–water partition coefficient (Wildman–Crippen LogP) is -0.0332. The number of hydrogen-bond donors (Lipinski definition) is 5. The number of benzene rings is 1. The summed E-state index contributed by atoms with van der Waals surface area (Å²) in [4.78, 5) is 39.7. The van der Waals surface area contributed by atoms with Crippen LogP contribution in [0.4, 0.5) is 4.79 Å². The van der Waals surface area contributed by atoms with Crippen LogP contribution in [0.2, 0.25) is 0 Å². The number of carbonyl (C=O) groups excluding carboxylic acids is 2. The fourth-order valence-electron chi connectivity index (χ4n) is 2.48. The molecule has 0 aliphatic carbocycles. The number of rotatable bonds is 11. The lowest BCUT2D eigenvalue weighted by Crippen LogP contribution is -2.52. The van der Waals surface area contributed by atoms with Gasteiger partial charge in [-0.3, -0.25) is 9.79 Å². The molecule has 0 saturated carbocycles. The van der Waals surface area contributed by atoms with Crippen molar-refractivity contribution in [1.29, 1.82) is 0 Å². The zero-order valence-corrected chi connectivity index (χ0v) is 15.8. The highest BCUT2D eigenvalue weighted by molar-refractivity contribution is 5.89. The maximum Gasteiger partial charge on any atom is 0.405 e. The highest BCUT2D eigenvalue weighted by Gasteiger charge is 2.27. The molecule has 1 rings (SSSR count). The fraction of sp³-hybridized carbons (Fsp3) is 0.444. The molecule has 1 aromatic carbocycles. The Morgan fingerprint density at radius 1 is 1.14 bits per heavy atom. The lowest BCUT2D eigenvalue weighted by molar-refractivity contribution is -0.147. The normalized spacial score (nSPS) is 12.3. The van der Waals surface area contributed by atoms with Crippen molar-refractivity contribution in [1.82, 2.24) is 10.6 Å². The molecule has 2 amide bonds. The van der Waals surface area contributed by atoms with Gasteiger partial charge in [0.25, 0.3) is 0 Å². The highest BCUT2D eigenvalue weighted by Crippen LogP contribution is 2.06. The van der Waals surface area contributed by atoms with Crippen molar-refractivity contribution < 1.29 is 24.2 Å². The Balaban J connectivity index is 2.82. The third-order valence-corrected chi connectivity index (χ3v) is 3.73. The molecule has 0 radical (unpaired) electrons. The molecular formula is C18H27N5O5. The number of hydrogen-bond acceptors (Lipinski definition) is 5. The van der Waals surface area contributed by atoms with Crippen molar-refractivity contribution in [3.63, 3.8) is 0 Å². The molecule has 10 heteroatoms. The van der Waals surface area contributed by atoms with E-state index >= 15 is 0 Å². The Kier molecular flexibility index (Phi) is 9.87. The molecule has 0 aliphatic heterocycles. The van der Waals surface area contributed by atoms with Crippen LogP contribution in [0.1, 0.15) is 25.3 Å². The number of nitrogens with two attached hydrogens (primary N) is 2. The zero-order valence-electron chi connectivity index (χ0n) is 15.8. The second kappa shape index (κ2) is 12.2. The third kappa shape index (κ3) is 8.88. The SMILES string of the molecule is CCOC(=O)[C@H](CCCN=C(N)N)NC(=O)[C@H](Cc1ccccc1)NC(=O)O. The molecular weight excluding hydrogens is 366 g/mol. The van der Waals surface area contributed by atoms with Gasteiger partial charge in [-0.1, -0.05) is 30.3 Å². The van der Waals surface area contributed by atoms with Crippen LogP contribution < -0.4 is 22.1 Å². The number of nitrogens with zero attached hydrogens (tertiary/aromatic N) is 1. The van der Waals surface area contributed by atoms with Gasteiger partial charge in [-0.15, -0.1) is 0 Å². The van der Waals surface area contributed by atoms with Gasteiger partial charge >= 0.3 is 12.1 Å². The minimum Gasteiger partial charge on any atom is -0.465 e. The van der Waals surface area contributed by atoms with Gasteiger partial charge in [0.1, 0.15) is 12.1 Å². The predicted molar refractivity (Wildman–Crippen MR) is 104 cm³/mol. The standard InChI is InChI=1S/C18H27N5O5/c1-2-28-16(25)13(9-6-10-21-17(19)20)22-15(24)14(23-18(26)27)11-12-7-4-3-5-8-12/h3-5,7-8,13-14,23H,2,6,9-11H2,1H3,(H,22,24)(H,26,27)(H4,19,20,21)/t13-,14-/m0/s1. The summed E-state index contributed by atoms with van der Waals surface area (Å²) in [7, 11) is 0. The first-order valence-electron chi connectivity index (χ1n) is 8.89. The maximum atomic E-state index is 12.6. The van der Waals surface area contributed by atoms with Gasteiger partial charge in [0, 0.05) is 13.0 Å². The molecule has 154 valence electrons. The van der Waals surface area contributed by atoms with Crippen LogP contribution in [0, 0.1) is 0 Å². The monoisotopic (exact) mass is 393 g/mol. The van der Waals surface area contributed by atoms with E-state index in [4.69, 9.17) is 21.3 Å². The number of nitrogens with one attached hydrogen (secondary N) is 2. The van der Waals surface area contributed by atoms with Crippen LogP contribution in [0.15, 0.2) is 35.3 Å². The Morgan fingerprint density at radius 2 is 1.82 bits per heavy atom. The molecule has 0 saturated heterocycles. The molecule has 0 bridgehead atoms. The van der Waals surface area contributed by atoms with E-state index in [0.29, 0.717) is 6.42 Å². The summed E-state index contributed by atoms with van der Waals surface area (Å²) in [5.74, 6) is -1.29. The Labute approximate surface area is 163 Å². The van der Waals surface area contributed by atoms with E-state index in [1.54, 1.807) is 31.2 Å². The number of ether oxygens (including phenoxy) is 1. The van der Waals surface area contributed by atoms with Crippen molar-refractivity contribution in [2.45, 2.75) is 38.3 Å². The largest absolute Gasteiger partial charge is 0.465 e. The fourth-order valence-corrected chi connectivity index (χ4v) is 2.48. The maximum absolute atomic E-state index is 12.6. The quantitative estimate of drug-likeness (QED) is 0.152. The summed E-state index contributed by atoms with van der Waals surface area (Å²) >= 11 is 0. The molecule has 0 heterocycles. The van der Waals surface area contributed by atoms with Crippen molar-refractivity contribution in [2.24, 2.45) is 16.5 Å². The van der Waals surface area contributed by atoms with E-state index in [2.05, 4.69) is 15.6 Å². The second-order valence-electron chi connectivity index (χ2n) is 5.95. The molecule has 0 fully saturated rings. The first kappa shape index (κ1) is 22.7. The van der Waals surface area contributed by atoms with Gasteiger partial charge in [-0.25, -0.2) is 9.59 Å². The van der Waals surface area contributed by atoms with E-state index in [0.717, 1.165) is 5.56 Å². The van der Waals surface area contributed by atoms with Gasteiger partial charge in [0.05, 0.1) is 6.61 Å². The second-order valence-corrected chi connectivity index (χ2v) is 5.95. The van der Waals surface area contributed by atoms with Crippen LogP contribution in [0.5, 0.6) is 0 Å². The summed E-state index contributed by atoms with van der Waals surface area (Å²) < 4.78 is 4.99. The van der Waals surface area contributed by atoms with E-state index in [1.165, 1.54) is 0 Å². The first-order chi connectivity index (χ1) is 13.3. The number of guanidine groups is 1. The smallest absolute Gasteiger partial charge is 0.405 e. The Morgan fingerprint density at radius 3 is 2.39 bits per heavy atom. The Bertz CT molecular complexity index is 676. The third-order valence-electron chi connectivity index (χ3n) is 3.73. The van der Waals surface area contributed by atoms with E-state index in [-0.39, 0.29) is 32.0 Å². The number of esters is 1. The number of carboxylic acid groups (broad SMARTS) is 1. The first-order valence-corrected chi connectivity index (χ1v) is 8.89. The molecule has 2 atom stereocenters. The van der Waals surface area contributed by atoms with E-state index < -0.39 is 30.1 Å². The zero-order chi connectivity index (χ0) is 20.9. The number of aliphatic imine (C=N–C) groups is 1. The van der Waals surface area contributed by atoms with Crippen molar-refractivity contribution in [2.75, 3.05) is 13.2 Å². The molecule has 1 aromatic rings. The minimum absolute atomic E-state index is 0.0645. The highest BCUT2D eigenvalue weighted by atomic mass is 16.5. The van der Waals surface area contributed by atoms with Gasteiger partial charge in [0.15, 0.2) is 5.96 Å². The van der Waals surface area contributed by atoms with Crippen LogP contribution in [0.3, 0.4) is 0 Å². The average molecular weight is 393 g/mol. The molecule has 28 heavy (non-hydrogen) atoms. The van der Waals surface area contributed by atoms with Crippen LogP contribution in [-0.4, -0.2) is 54.3 Å². The average Bonchev–Trinajstić information content (AvgIpc) is 2.64. The van der Waals surface area contributed by atoms with Crippen LogP contribution in [-0.2, 0) is 20.7 Å². The summed E-state index contributed by atoms with van der Waals surface area (Å²) in [5, 5.41) is 13.8. The molecule has 7 N–H and O–H groups in total. The van der Waals surface area contributed by atoms with Crippen molar-refractivity contribution in [3.8, 4) is 0 Å². The Hall–Kier alpha value is -3.30. The summed E-state index contributed by atoms with van der Waals surface area (Å²) in [6.45, 7) is 2.09. The molecule has 0 unspecified atom stereocenters. The van der Waals surface area contributed by atoms with Gasteiger partial charge in [0.2, 0.25) is 5.91 Å². The lowest BCUT2D eigenvalue weighted by atomic mass is 10.0. The van der Waals surface area contributed by atoms with Gasteiger partial charge in [-0.05, 0) is 25.3 Å².